The number of aliphatic hydroxyl groups excluding tert-OH is 1. The van der Waals surface area contributed by atoms with Gasteiger partial charge in [-0.1, -0.05) is 15.9 Å². The maximum absolute atomic E-state index is 13.6. The Morgan fingerprint density at radius 3 is 2.45 bits per heavy atom. The van der Waals surface area contributed by atoms with Crippen molar-refractivity contribution in [2.75, 3.05) is 0 Å². The third-order valence-corrected chi connectivity index (χ3v) is 3.26. The zero-order valence-corrected chi connectivity index (χ0v) is 12.5. The molecular weight excluding hydrogens is 330 g/mol. The molecule has 2 aromatic carbocycles. The van der Waals surface area contributed by atoms with Crippen molar-refractivity contribution in [2.24, 2.45) is 0 Å². The second kappa shape index (κ2) is 5.89. The summed E-state index contributed by atoms with van der Waals surface area (Å²) in [5.41, 5.74) is 0.702. The molecule has 1 N–H and O–H groups in total. The van der Waals surface area contributed by atoms with Crippen molar-refractivity contribution in [2.45, 2.75) is 20.0 Å². The van der Waals surface area contributed by atoms with Crippen molar-refractivity contribution in [1.82, 2.24) is 0 Å². The van der Waals surface area contributed by atoms with Gasteiger partial charge in [-0.05, 0) is 43.7 Å². The highest BCUT2D eigenvalue weighted by molar-refractivity contribution is 9.10. The minimum absolute atomic E-state index is 0.268. The smallest absolute Gasteiger partial charge is 0.133 e. The van der Waals surface area contributed by atoms with Gasteiger partial charge >= 0.3 is 0 Å². The Hall–Kier alpha value is -1.46. The highest BCUT2D eigenvalue weighted by Crippen LogP contribution is 2.33. The van der Waals surface area contributed by atoms with E-state index >= 15 is 0 Å². The van der Waals surface area contributed by atoms with E-state index in [0.29, 0.717) is 21.3 Å². The summed E-state index contributed by atoms with van der Waals surface area (Å²) in [7, 11) is 0. The van der Waals surface area contributed by atoms with Gasteiger partial charge in [0, 0.05) is 16.1 Å². The lowest BCUT2D eigenvalue weighted by Crippen LogP contribution is -1.99. The van der Waals surface area contributed by atoms with Gasteiger partial charge in [-0.2, -0.15) is 0 Å². The van der Waals surface area contributed by atoms with E-state index in [1.165, 1.54) is 31.2 Å². The quantitative estimate of drug-likeness (QED) is 0.861. The third-order valence-electron chi connectivity index (χ3n) is 2.81. The van der Waals surface area contributed by atoms with E-state index in [2.05, 4.69) is 15.9 Å². The first-order valence-corrected chi connectivity index (χ1v) is 6.78. The lowest BCUT2D eigenvalue weighted by molar-refractivity contribution is 0.195. The fourth-order valence-corrected chi connectivity index (χ4v) is 2.24. The molecule has 2 aromatic rings. The van der Waals surface area contributed by atoms with Gasteiger partial charge in [-0.15, -0.1) is 0 Å². The predicted octanol–water partition coefficient (Wildman–Crippen LogP) is 4.88. The Morgan fingerprint density at radius 2 is 1.85 bits per heavy atom. The molecule has 5 heteroatoms. The lowest BCUT2D eigenvalue weighted by atomic mass is 10.1. The molecule has 0 fully saturated rings. The number of rotatable bonds is 3. The SMILES string of the molecule is Cc1cc(Oc2cc(F)cc(Br)c2)c([C@H](C)O)cc1F. The van der Waals surface area contributed by atoms with Gasteiger partial charge in [0.15, 0.2) is 0 Å². The standard InChI is InChI=1S/C15H13BrF2O2/c1-8-3-15(13(9(2)19)7-14(8)18)20-12-5-10(16)4-11(17)6-12/h3-7,9,19H,1-2H3/t9-/m0/s1. The van der Waals surface area contributed by atoms with Crippen molar-refractivity contribution in [3.63, 3.8) is 0 Å². The summed E-state index contributed by atoms with van der Waals surface area (Å²) >= 11 is 3.17. The Balaban J connectivity index is 2.44. The number of halogens is 3. The number of aliphatic hydroxyl groups is 1. The molecule has 0 saturated heterocycles. The second-order valence-corrected chi connectivity index (χ2v) is 5.44. The number of ether oxygens (including phenoxy) is 1. The molecule has 0 spiro atoms. The number of hydrogen-bond donors (Lipinski definition) is 1. The Kier molecular flexibility index (Phi) is 4.40. The summed E-state index contributed by atoms with van der Waals surface area (Å²) in [6.45, 7) is 3.11. The summed E-state index contributed by atoms with van der Waals surface area (Å²) in [5, 5.41) is 9.68. The Morgan fingerprint density at radius 1 is 1.15 bits per heavy atom. The van der Waals surface area contributed by atoms with E-state index in [0.717, 1.165) is 0 Å². The molecule has 0 bridgehead atoms. The van der Waals surface area contributed by atoms with Crippen LogP contribution < -0.4 is 4.74 Å². The maximum atomic E-state index is 13.6. The first kappa shape index (κ1) is 14.9. The van der Waals surface area contributed by atoms with Crippen LogP contribution in [0.2, 0.25) is 0 Å². The van der Waals surface area contributed by atoms with Crippen LogP contribution in [-0.4, -0.2) is 5.11 Å². The van der Waals surface area contributed by atoms with Gasteiger partial charge in [-0.25, -0.2) is 8.78 Å². The van der Waals surface area contributed by atoms with Crippen LogP contribution in [0.15, 0.2) is 34.8 Å². The first-order valence-electron chi connectivity index (χ1n) is 5.99. The molecule has 0 aliphatic rings. The molecule has 2 rings (SSSR count). The average molecular weight is 343 g/mol. The zero-order valence-electron chi connectivity index (χ0n) is 11.0. The van der Waals surface area contributed by atoms with Crippen LogP contribution in [0, 0.1) is 18.6 Å². The molecule has 1 atom stereocenters. The zero-order chi connectivity index (χ0) is 14.9. The van der Waals surface area contributed by atoms with Crippen LogP contribution in [0.4, 0.5) is 8.78 Å². The van der Waals surface area contributed by atoms with E-state index in [9.17, 15) is 13.9 Å². The van der Waals surface area contributed by atoms with E-state index < -0.39 is 17.7 Å². The summed E-state index contributed by atoms with van der Waals surface area (Å²) in [4.78, 5) is 0. The molecule has 0 aliphatic heterocycles. The largest absolute Gasteiger partial charge is 0.457 e. The van der Waals surface area contributed by atoms with E-state index in [1.807, 2.05) is 0 Å². The van der Waals surface area contributed by atoms with Crippen LogP contribution in [-0.2, 0) is 0 Å². The molecule has 0 heterocycles. The van der Waals surface area contributed by atoms with E-state index in [1.54, 1.807) is 13.0 Å². The molecule has 0 unspecified atom stereocenters. The predicted molar refractivity (Wildman–Crippen MR) is 75.9 cm³/mol. The molecule has 106 valence electrons. The number of benzene rings is 2. The molecular formula is C15H13BrF2O2. The van der Waals surface area contributed by atoms with Crippen LogP contribution >= 0.6 is 15.9 Å². The third kappa shape index (κ3) is 3.35. The summed E-state index contributed by atoms with van der Waals surface area (Å²) in [5.74, 6) is -0.304. The van der Waals surface area contributed by atoms with Gasteiger partial charge in [0.2, 0.25) is 0 Å². The molecule has 0 aliphatic carbocycles. The van der Waals surface area contributed by atoms with Gasteiger partial charge in [0.1, 0.15) is 23.1 Å². The normalized spacial score (nSPS) is 12.3. The van der Waals surface area contributed by atoms with Gasteiger partial charge in [0.25, 0.3) is 0 Å². The number of aryl methyl sites for hydroxylation is 1. The van der Waals surface area contributed by atoms with Crippen LogP contribution in [0.25, 0.3) is 0 Å². The summed E-state index contributed by atoms with van der Waals surface area (Å²) in [6.07, 6.45) is -0.892. The summed E-state index contributed by atoms with van der Waals surface area (Å²) in [6, 6.07) is 6.82. The maximum Gasteiger partial charge on any atom is 0.133 e. The van der Waals surface area contributed by atoms with Crippen molar-refractivity contribution in [1.29, 1.82) is 0 Å². The van der Waals surface area contributed by atoms with Gasteiger partial charge in [-0.3, -0.25) is 0 Å². The van der Waals surface area contributed by atoms with Crippen molar-refractivity contribution in [3.05, 3.63) is 57.6 Å². The van der Waals surface area contributed by atoms with E-state index in [4.69, 9.17) is 4.74 Å². The topological polar surface area (TPSA) is 29.5 Å². The molecule has 0 aromatic heterocycles. The molecule has 0 saturated carbocycles. The van der Waals surface area contributed by atoms with Crippen LogP contribution in [0.5, 0.6) is 11.5 Å². The first-order chi connectivity index (χ1) is 9.36. The van der Waals surface area contributed by atoms with E-state index in [-0.39, 0.29) is 5.75 Å². The average Bonchev–Trinajstić information content (AvgIpc) is 2.31. The molecule has 0 amide bonds. The fourth-order valence-electron chi connectivity index (χ4n) is 1.80. The molecule has 2 nitrogen and oxygen atoms in total. The summed E-state index contributed by atoms with van der Waals surface area (Å²) < 4.78 is 33.0. The highest BCUT2D eigenvalue weighted by atomic mass is 79.9. The van der Waals surface area contributed by atoms with Crippen molar-refractivity contribution >= 4 is 15.9 Å². The Labute approximate surface area is 124 Å². The number of hydrogen-bond acceptors (Lipinski definition) is 2. The Bertz CT molecular complexity index is 622. The molecule has 0 radical (unpaired) electrons. The molecule has 20 heavy (non-hydrogen) atoms. The highest BCUT2D eigenvalue weighted by Gasteiger charge is 2.14. The van der Waals surface area contributed by atoms with Gasteiger partial charge in [0.05, 0.1) is 6.10 Å². The lowest BCUT2D eigenvalue weighted by Gasteiger charge is -2.15. The van der Waals surface area contributed by atoms with Gasteiger partial charge < -0.3 is 9.84 Å². The minimum atomic E-state index is -0.892. The fraction of sp³-hybridized carbons (Fsp3) is 0.200. The minimum Gasteiger partial charge on any atom is -0.457 e. The van der Waals surface area contributed by atoms with Crippen LogP contribution in [0.3, 0.4) is 0 Å². The van der Waals surface area contributed by atoms with Crippen molar-refractivity contribution < 1.29 is 18.6 Å². The van der Waals surface area contributed by atoms with Crippen LogP contribution in [0.1, 0.15) is 24.2 Å². The van der Waals surface area contributed by atoms with Crippen molar-refractivity contribution in [3.8, 4) is 11.5 Å². The monoisotopic (exact) mass is 342 g/mol. The second-order valence-electron chi connectivity index (χ2n) is 4.52.